The van der Waals surface area contributed by atoms with Crippen LogP contribution in [-0.4, -0.2) is 40.3 Å². The smallest absolute Gasteiger partial charge is 0.345 e. The van der Waals surface area contributed by atoms with Crippen molar-refractivity contribution in [2.24, 2.45) is 0 Å². The van der Waals surface area contributed by atoms with Crippen molar-refractivity contribution in [2.75, 3.05) is 6.61 Å². The number of Topliss-reactive ketones (excluding diaryl/α,β-unsaturated/α-hetero) is 1. The highest BCUT2D eigenvalue weighted by Gasteiger charge is 2.42. The average Bonchev–Trinajstić information content (AvgIpc) is 2.60. The molecule has 26 heavy (non-hydrogen) atoms. The van der Waals surface area contributed by atoms with Gasteiger partial charge in [-0.3, -0.25) is 4.79 Å². The summed E-state index contributed by atoms with van der Waals surface area (Å²) in [6.07, 6.45) is 14.6. The van der Waals surface area contributed by atoms with Crippen LogP contribution < -0.4 is 0 Å². The molecule has 0 aliphatic rings. The molecule has 0 aliphatic carbocycles. The molecule has 5 nitrogen and oxygen atoms in total. The molecule has 0 aromatic carbocycles. The highest BCUT2D eigenvalue weighted by molar-refractivity contribution is 6.08. The van der Waals surface area contributed by atoms with E-state index in [1.807, 2.05) is 0 Å². The first-order chi connectivity index (χ1) is 12.3. The topological polar surface area (TPSA) is 83.8 Å². The number of hydrogen-bond acceptors (Lipinski definition) is 5. The highest BCUT2D eigenvalue weighted by atomic mass is 16.6. The van der Waals surface area contributed by atoms with Gasteiger partial charge in [0.1, 0.15) is 6.10 Å². The van der Waals surface area contributed by atoms with Crippen molar-refractivity contribution in [1.82, 2.24) is 0 Å². The molecule has 0 saturated carbocycles. The Labute approximate surface area is 159 Å². The SMILES string of the molecule is CCCCCCCCCCCCCCCOC(=O)C(C)(O)C(=O)C(C)O. The minimum absolute atomic E-state index is 0.194. The molecule has 0 aromatic rings. The van der Waals surface area contributed by atoms with Crippen LogP contribution in [0.4, 0.5) is 0 Å². The molecule has 0 rings (SSSR count). The van der Waals surface area contributed by atoms with Crippen LogP contribution in [0.3, 0.4) is 0 Å². The Bertz CT molecular complexity index is 377. The third-order valence-corrected chi connectivity index (χ3v) is 4.74. The number of rotatable bonds is 17. The van der Waals surface area contributed by atoms with Gasteiger partial charge in [-0.2, -0.15) is 0 Å². The normalized spacial score (nSPS) is 14.7. The van der Waals surface area contributed by atoms with Crippen LogP contribution in [0, 0.1) is 0 Å². The summed E-state index contributed by atoms with van der Waals surface area (Å²) >= 11 is 0. The summed E-state index contributed by atoms with van der Waals surface area (Å²) in [7, 11) is 0. The quantitative estimate of drug-likeness (QED) is 0.226. The molecule has 0 bridgehead atoms. The lowest BCUT2D eigenvalue weighted by Gasteiger charge is -2.21. The lowest BCUT2D eigenvalue weighted by molar-refractivity contribution is -0.171. The van der Waals surface area contributed by atoms with Gasteiger partial charge in [0.05, 0.1) is 6.61 Å². The number of esters is 1. The maximum Gasteiger partial charge on any atom is 0.345 e. The summed E-state index contributed by atoms with van der Waals surface area (Å²) in [5.74, 6) is -1.92. The predicted molar refractivity (Wildman–Crippen MR) is 104 cm³/mol. The lowest BCUT2D eigenvalue weighted by atomic mass is 9.97. The molecule has 0 spiro atoms. The van der Waals surface area contributed by atoms with Gasteiger partial charge in [0, 0.05) is 0 Å². The average molecular weight is 373 g/mol. The van der Waals surface area contributed by atoms with Gasteiger partial charge < -0.3 is 14.9 Å². The monoisotopic (exact) mass is 372 g/mol. The van der Waals surface area contributed by atoms with Crippen molar-refractivity contribution in [3.8, 4) is 0 Å². The zero-order valence-corrected chi connectivity index (χ0v) is 17.1. The molecule has 0 aliphatic heterocycles. The largest absolute Gasteiger partial charge is 0.463 e. The Hall–Kier alpha value is -0.940. The van der Waals surface area contributed by atoms with E-state index in [0.29, 0.717) is 0 Å². The van der Waals surface area contributed by atoms with Crippen LogP contribution in [0.15, 0.2) is 0 Å². The Morgan fingerprint density at radius 3 is 1.62 bits per heavy atom. The summed E-state index contributed by atoms with van der Waals surface area (Å²) in [6, 6.07) is 0. The number of ether oxygens (including phenoxy) is 1. The van der Waals surface area contributed by atoms with E-state index in [1.54, 1.807) is 0 Å². The second kappa shape index (κ2) is 15.2. The number of aliphatic hydroxyl groups is 2. The predicted octanol–water partition coefficient (Wildman–Crippen LogP) is 4.32. The summed E-state index contributed by atoms with van der Waals surface area (Å²) in [5, 5.41) is 19.0. The minimum Gasteiger partial charge on any atom is -0.463 e. The van der Waals surface area contributed by atoms with Crippen LogP contribution in [0.1, 0.15) is 104 Å². The number of ketones is 1. The van der Waals surface area contributed by atoms with E-state index < -0.39 is 23.5 Å². The number of carbonyl (C=O) groups excluding carboxylic acids is 2. The van der Waals surface area contributed by atoms with E-state index in [0.717, 1.165) is 26.2 Å². The van der Waals surface area contributed by atoms with Gasteiger partial charge in [0.25, 0.3) is 0 Å². The number of aliphatic hydroxyl groups excluding tert-OH is 1. The maximum atomic E-state index is 11.7. The summed E-state index contributed by atoms with van der Waals surface area (Å²) < 4.78 is 4.96. The first-order valence-electron chi connectivity index (χ1n) is 10.5. The summed E-state index contributed by atoms with van der Waals surface area (Å²) in [6.45, 7) is 4.72. The van der Waals surface area contributed by atoms with Crippen LogP contribution in [0.2, 0.25) is 0 Å². The highest BCUT2D eigenvalue weighted by Crippen LogP contribution is 2.14. The molecule has 0 amide bonds. The molecule has 2 N–H and O–H groups in total. The molecular weight excluding hydrogens is 332 g/mol. The van der Waals surface area contributed by atoms with Crippen LogP contribution >= 0.6 is 0 Å². The third-order valence-electron chi connectivity index (χ3n) is 4.74. The molecule has 154 valence electrons. The van der Waals surface area contributed by atoms with Crippen LogP contribution in [0.5, 0.6) is 0 Å². The fourth-order valence-electron chi connectivity index (χ4n) is 2.93. The fourth-order valence-corrected chi connectivity index (χ4v) is 2.93. The first-order valence-corrected chi connectivity index (χ1v) is 10.5. The van der Waals surface area contributed by atoms with E-state index in [-0.39, 0.29) is 6.61 Å². The number of carbonyl (C=O) groups is 2. The molecule has 0 fully saturated rings. The van der Waals surface area contributed by atoms with Gasteiger partial charge in [-0.1, -0.05) is 84.0 Å². The number of unbranched alkanes of at least 4 members (excludes halogenated alkanes) is 12. The van der Waals surface area contributed by atoms with E-state index in [9.17, 15) is 19.8 Å². The summed E-state index contributed by atoms with van der Waals surface area (Å²) in [5.41, 5.74) is -2.27. The van der Waals surface area contributed by atoms with Gasteiger partial charge in [-0.05, 0) is 20.3 Å². The Balaban J connectivity index is 3.48. The van der Waals surface area contributed by atoms with E-state index in [4.69, 9.17) is 4.74 Å². The second-order valence-corrected chi connectivity index (χ2v) is 7.49. The van der Waals surface area contributed by atoms with Crippen molar-refractivity contribution in [3.63, 3.8) is 0 Å². The summed E-state index contributed by atoms with van der Waals surface area (Å²) in [4.78, 5) is 23.3. The standard InChI is InChI=1S/C21H40O5/c1-4-5-6-7-8-9-10-11-12-13-14-15-16-17-26-20(24)21(3,25)19(23)18(2)22/h18,22,25H,4-17H2,1-3H3. The number of hydrogen-bond donors (Lipinski definition) is 2. The Morgan fingerprint density at radius 1 is 0.846 bits per heavy atom. The van der Waals surface area contributed by atoms with Crippen molar-refractivity contribution >= 4 is 11.8 Å². The van der Waals surface area contributed by atoms with Crippen molar-refractivity contribution in [2.45, 2.75) is 116 Å². The molecular formula is C21H40O5. The molecule has 0 aromatic heterocycles. The second-order valence-electron chi connectivity index (χ2n) is 7.49. The Morgan fingerprint density at radius 2 is 1.23 bits per heavy atom. The molecule has 5 heteroatoms. The Kier molecular flexibility index (Phi) is 14.6. The lowest BCUT2D eigenvalue weighted by Crippen LogP contribution is -2.49. The van der Waals surface area contributed by atoms with E-state index in [2.05, 4.69) is 6.92 Å². The van der Waals surface area contributed by atoms with Gasteiger partial charge in [0.2, 0.25) is 11.4 Å². The van der Waals surface area contributed by atoms with Crippen LogP contribution in [-0.2, 0) is 14.3 Å². The molecule has 2 unspecified atom stereocenters. The molecule has 0 heterocycles. The third kappa shape index (κ3) is 11.6. The molecule has 2 atom stereocenters. The van der Waals surface area contributed by atoms with Crippen molar-refractivity contribution in [3.05, 3.63) is 0 Å². The zero-order valence-electron chi connectivity index (χ0n) is 17.1. The zero-order chi connectivity index (χ0) is 19.8. The van der Waals surface area contributed by atoms with E-state index >= 15 is 0 Å². The minimum atomic E-state index is -2.27. The van der Waals surface area contributed by atoms with Gasteiger partial charge in [0.15, 0.2) is 0 Å². The van der Waals surface area contributed by atoms with Gasteiger partial charge >= 0.3 is 5.97 Å². The first kappa shape index (κ1) is 25.1. The van der Waals surface area contributed by atoms with Crippen molar-refractivity contribution in [1.29, 1.82) is 0 Å². The van der Waals surface area contributed by atoms with Gasteiger partial charge in [-0.25, -0.2) is 4.79 Å². The van der Waals surface area contributed by atoms with Gasteiger partial charge in [-0.15, -0.1) is 0 Å². The molecule has 0 saturated heterocycles. The maximum absolute atomic E-state index is 11.7. The fraction of sp³-hybridized carbons (Fsp3) is 0.905. The molecule has 0 radical (unpaired) electrons. The van der Waals surface area contributed by atoms with Crippen molar-refractivity contribution < 1.29 is 24.5 Å². The van der Waals surface area contributed by atoms with E-state index in [1.165, 1.54) is 71.1 Å². The van der Waals surface area contributed by atoms with Crippen LogP contribution in [0.25, 0.3) is 0 Å².